The Bertz CT molecular complexity index is 1420. The van der Waals surface area contributed by atoms with E-state index in [9.17, 15) is 4.79 Å². The third-order valence-electron chi connectivity index (χ3n) is 7.40. The van der Waals surface area contributed by atoms with Crippen molar-refractivity contribution < 1.29 is 23.7 Å². The molecular weight excluding hydrogens is 452 g/mol. The molecule has 6 rings (SSSR count). The summed E-state index contributed by atoms with van der Waals surface area (Å²) in [4.78, 5) is 12.4. The first-order valence-electron chi connectivity index (χ1n) is 12.3. The summed E-state index contributed by atoms with van der Waals surface area (Å²) in [5.41, 5.74) is 5.64. The van der Waals surface area contributed by atoms with Crippen LogP contribution in [-0.4, -0.2) is 26.3 Å². The van der Waals surface area contributed by atoms with Crippen LogP contribution in [0.5, 0.6) is 5.75 Å². The Labute approximate surface area is 210 Å². The van der Waals surface area contributed by atoms with Crippen molar-refractivity contribution in [1.82, 2.24) is 0 Å². The van der Waals surface area contributed by atoms with Gasteiger partial charge in [-0.3, -0.25) is 0 Å². The second-order valence-electron chi connectivity index (χ2n) is 9.40. The molecule has 0 unspecified atom stereocenters. The van der Waals surface area contributed by atoms with Crippen LogP contribution >= 0.6 is 0 Å². The van der Waals surface area contributed by atoms with Crippen molar-refractivity contribution in [2.75, 3.05) is 20.3 Å². The second-order valence-corrected chi connectivity index (χ2v) is 9.40. The molecule has 0 N–H and O–H groups in total. The van der Waals surface area contributed by atoms with Gasteiger partial charge in [0.2, 0.25) is 0 Å². The zero-order chi connectivity index (χ0) is 24.5. The average molecular weight is 481 g/mol. The lowest BCUT2D eigenvalue weighted by Crippen LogP contribution is -2.35. The Balaban J connectivity index is 1.30. The van der Waals surface area contributed by atoms with Crippen LogP contribution in [0.1, 0.15) is 39.9 Å². The van der Waals surface area contributed by atoms with Gasteiger partial charge < -0.3 is 18.9 Å². The molecule has 36 heavy (non-hydrogen) atoms. The molecule has 0 atom stereocenters. The summed E-state index contributed by atoms with van der Waals surface area (Å²) in [5.74, 6) is 0.484. The molecule has 0 aromatic heterocycles. The Morgan fingerprint density at radius 2 is 1.75 bits per heavy atom. The molecule has 182 valence electrons. The standard InChI is InChI=1S/C31H28O5/c1-33-31(12-14-34-15-13-31)24-9-5-6-21(16-24)19-35-25-10-11-26-23(17-25)18-27-28(20-36-30(27)32)29(26)22-7-3-2-4-8-22/h2-11,16-18H,12-15,19-20H2,1H3. The minimum Gasteiger partial charge on any atom is -0.489 e. The van der Waals surface area contributed by atoms with Crippen molar-refractivity contribution in [1.29, 1.82) is 0 Å². The van der Waals surface area contributed by atoms with E-state index < -0.39 is 0 Å². The number of cyclic esters (lactones) is 1. The van der Waals surface area contributed by atoms with Gasteiger partial charge in [-0.15, -0.1) is 0 Å². The van der Waals surface area contributed by atoms with Gasteiger partial charge in [0.1, 0.15) is 19.0 Å². The first kappa shape index (κ1) is 22.8. The quantitative estimate of drug-likeness (QED) is 0.299. The monoisotopic (exact) mass is 480 g/mol. The average Bonchev–Trinajstić information content (AvgIpc) is 3.31. The maximum absolute atomic E-state index is 12.4. The van der Waals surface area contributed by atoms with E-state index in [0.717, 1.165) is 57.2 Å². The SMILES string of the molecule is COC1(c2cccc(COc3ccc4c(-c5ccccc5)c5c(cc4c3)C(=O)OC5)c2)CCOCC1. The number of esters is 1. The van der Waals surface area contributed by atoms with E-state index in [4.69, 9.17) is 18.9 Å². The lowest BCUT2D eigenvalue weighted by atomic mass is 9.85. The maximum atomic E-state index is 12.4. The predicted octanol–water partition coefficient (Wildman–Crippen LogP) is 6.41. The molecule has 2 heterocycles. The first-order valence-corrected chi connectivity index (χ1v) is 12.3. The Morgan fingerprint density at radius 1 is 0.917 bits per heavy atom. The number of hydrogen-bond acceptors (Lipinski definition) is 5. The molecule has 1 saturated heterocycles. The topological polar surface area (TPSA) is 54.0 Å². The maximum Gasteiger partial charge on any atom is 0.338 e. The minimum atomic E-state index is -0.306. The number of ether oxygens (including phenoxy) is 4. The third-order valence-corrected chi connectivity index (χ3v) is 7.40. The summed E-state index contributed by atoms with van der Waals surface area (Å²) >= 11 is 0. The highest BCUT2D eigenvalue weighted by atomic mass is 16.5. The van der Waals surface area contributed by atoms with E-state index in [1.165, 1.54) is 0 Å². The van der Waals surface area contributed by atoms with E-state index in [0.29, 0.717) is 32.0 Å². The van der Waals surface area contributed by atoms with Crippen molar-refractivity contribution in [3.8, 4) is 16.9 Å². The van der Waals surface area contributed by atoms with Crippen molar-refractivity contribution in [3.05, 3.63) is 101 Å². The van der Waals surface area contributed by atoms with Crippen LogP contribution in [0.4, 0.5) is 0 Å². The van der Waals surface area contributed by atoms with Gasteiger partial charge in [-0.1, -0.05) is 54.6 Å². The van der Waals surface area contributed by atoms with Gasteiger partial charge in [-0.25, -0.2) is 4.79 Å². The van der Waals surface area contributed by atoms with E-state index in [1.54, 1.807) is 7.11 Å². The molecule has 5 heteroatoms. The molecular formula is C31H28O5. The summed E-state index contributed by atoms with van der Waals surface area (Å²) in [5, 5.41) is 2.03. The lowest BCUT2D eigenvalue weighted by Gasteiger charge is -2.36. The van der Waals surface area contributed by atoms with Crippen LogP contribution < -0.4 is 4.74 Å². The molecule has 0 amide bonds. The highest BCUT2D eigenvalue weighted by Crippen LogP contribution is 2.39. The number of hydrogen-bond donors (Lipinski definition) is 0. The van der Waals surface area contributed by atoms with Gasteiger partial charge >= 0.3 is 5.97 Å². The molecule has 2 aliphatic rings. The summed E-state index contributed by atoms with van der Waals surface area (Å²) < 4.78 is 23.1. The summed E-state index contributed by atoms with van der Waals surface area (Å²) in [6, 6.07) is 26.6. The van der Waals surface area contributed by atoms with Crippen LogP contribution in [0.2, 0.25) is 0 Å². The van der Waals surface area contributed by atoms with Gasteiger partial charge in [0.15, 0.2) is 0 Å². The number of carbonyl (C=O) groups excluding carboxylic acids is 1. The van der Waals surface area contributed by atoms with Gasteiger partial charge in [-0.05, 0) is 57.3 Å². The van der Waals surface area contributed by atoms with Crippen LogP contribution in [-0.2, 0) is 33.0 Å². The fraction of sp³-hybridized carbons (Fsp3) is 0.258. The molecule has 4 aromatic rings. The van der Waals surface area contributed by atoms with Crippen LogP contribution in [0.25, 0.3) is 21.9 Å². The van der Waals surface area contributed by atoms with Crippen molar-refractivity contribution in [2.45, 2.75) is 31.7 Å². The molecule has 0 radical (unpaired) electrons. The highest BCUT2D eigenvalue weighted by Gasteiger charge is 2.34. The second kappa shape index (κ2) is 9.41. The molecule has 2 aliphatic heterocycles. The van der Waals surface area contributed by atoms with E-state index >= 15 is 0 Å². The normalized spacial score (nSPS) is 16.5. The summed E-state index contributed by atoms with van der Waals surface area (Å²) in [6.07, 6.45) is 1.68. The van der Waals surface area contributed by atoms with Gasteiger partial charge in [-0.2, -0.15) is 0 Å². The van der Waals surface area contributed by atoms with Crippen molar-refractivity contribution in [2.24, 2.45) is 0 Å². The van der Waals surface area contributed by atoms with Crippen molar-refractivity contribution >= 4 is 16.7 Å². The largest absolute Gasteiger partial charge is 0.489 e. The summed E-state index contributed by atoms with van der Waals surface area (Å²) in [6.45, 7) is 2.15. The Hall–Kier alpha value is -3.67. The van der Waals surface area contributed by atoms with E-state index in [1.807, 2.05) is 36.4 Å². The third kappa shape index (κ3) is 4.04. The number of fused-ring (bicyclic) bond motifs is 2. The Kier molecular flexibility index (Phi) is 5.96. The van der Waals surface area contributed by atoms with Crippen molar-refractivity contribution in [3.63, 3.8) is 0 Å². The van der Waals surface area contributed by atoms with Crippen LogP contribution in [0.3, 0.4) is 0 Å². The van der Waals surface area contributed by atoms with E-state index in [-0.39, 0.29) is 11.6 Å². The molecule has 0 bridgehead atoms. The zero-order valence-electron chi connectivity index (χ0n) is 20.3. The smallest absolute Gasteiger partial charge is 0.338 e. The molecule has 0 aliphatic carbocycles. The van der Waals surface area contributed by atoms with Gasteiger partial charge in [0.25, 0.3) is 0 Å². The van der Waals surface area contributed by atoms with Gasteiger partial charge in [0.05, 0.1) is 11.2 Å². The molecule has 0 saturated carbocycles. The van der Waals surface area contributed by atoms with Crippen LogP contribution in [0, 0.1) is 0 Å². The van der Waals surface area contributed by atoms with Crippen LogP contribution in [0.15, 0.2) is 78.9 Å². The zero-order valence-corrected chi connectivity index (χ0v) is 20.3. The molecule has 4 aromatic carbocycles. The molecule has 1 fully saturated rings. The lowest BCUT2D eigenvalue weighted by molar-refractivity contribution is -0.0948. The number of carbonyl (C=O) groups is 1. The number of rotatable bonds is 6. The first-order chi connectivity index (χ1) is 17.7. The summed E-state index contributed by atoms with van der Waals surface area (Å²) in [7, 11) is 1.78. The Morgan fingerprint density at radius 3 is 2.56 bits per heavy atom. The minimum absolute atomic E-state index is 0.271. The van der Waals surface area contributed by atoms with Gasteiger partial charge in [0, 0.05) is 38.7 Å². The highest BCUT2D eigenvalue weighted by molar-refractivity contribution is 6.07. The number of benzene rings is 4. The molecule has 5 nitrogen and oxygen atoms in total. The van der Waals surface area contributed by atoms with E-state index in [2.05, 4.69) is 42.5 Å². The molecule has 0 spiro atoms. The number of methoxy groups -OCH3 is 1. The fourth-order valence-corrected chi connectivity index (χ4v) is 5.42. The predicted molar refractivity (Wildman–Crippen MR) is 138 cm³/mol. The fourth-order valence-electron chi connectivity index (χ4n) is 5.42.